The van der Waals surface area contributed by atoms with E-state index in [1.54, 1.807) is 48.9 Å². The monoisotopic (exact) mass is 624 g/mol. The summed E-state index contributed by atoms with van der Waals surface area (Å²) < 4.78 is 0. The van der Waals surface area contributed by atoms with Crippen molar-refractivity contribution in [2.24, 2.45) is 0 Å². The van der Waals surface area contributed by atoms with Gasteiger partial charge in [0.25, 0.3) is 0 Å². The van der Waals surface area contributed by atoms with Crippen LogP contribution in [0.25, 0.3) is 22.5 Å². The zero-order chi connectivity index (χ0) is 27.6. The minimum Gasteiger partial charge on any atom is -0.337 e. The zero-order valence-corrected chi connectivity index (χ0v) is 26.5. The molecule has 2 aromatic heterocycles. The Labute approximate surface area is 259 Å². The van der Waals surface area contributed by atoms with E-state index in [1.807, 2.05) is 83.6 Å². The molecule has 41 heavy (non-hydrogen) atoms. The molecule has 198 valence electrons. The maximum Gasteiger partial charge on any atom is 0.187 e. The number of ketones is 2. The molecule has 0 fully saturated rings. The Morgan fingerprint density at radius 2 is 0.951 bits per heavy atom. The van der Waals surface area contributed by atoms with E-state index >= 15 is 0 Å². The van der Waals surface area contributed by atoms with Gasteiger partial charge in [-0.1, -0.05) is 85.0 Å². The molecule has 0 unspecified atom stereocenters. The van der Waals surface area contributed by atoms with Gasteiger partial charge in [0.1, 0.15) is 0 Å². The van der Waals surface area contributed by atoms with Gasteiger partial charge in [-0.2, -0.15) is 0 Å². The zero-order valence-electron chi connectivity index (χ0n) is 21.9. The number of benzene rings is 2. The van der Waals surface area contributed by atoms with Crippen molar-refractivity contribution in [3.05, 3.63) is 144 Å². The molecule has 0 saturated carbocycles. The summed E-state index contributed by atoms with van der Waals surface area (Å²) >= 11 is 3.03. The molecular formula is C32H24N4O2S2Zn. The number of allylic oxidation sites excluding steroid dienone is 10. The number of aromatic nitrogens is 2. The van der Waals surface area contributed by atoms with E-state index in [0.717, 1.165) is 32.8 Å². The molecule has 2 aliphatic rings. The first-order valence-electron chi connectivity index (χ1n) is 12.4. The third-order valence-electron chi connectivity index (χ3n) is 5.69. The van der Waals surface area contributed by atoms with Crippen LogP contribution in [0.3, 0.4) is 0 Å². The Balaban J connectivity index is 0.000000184. The molecule has 4 aromatic rings. The molecule has 2 aromatic carbocycles. The molecule has 0 saturated heterocycles. The molecule has 0 aliphatic heterocycles. The van der Waals surface area contributed by atoms with Crippen molar-refractivity contribution in [1.82, 2.24) is 9.97 Å². The van der Waals surface area contributed by atoms with Gasteiger partial charge in [0, 0.05) is 64.9 Å². The summed E-state index contributed by atoms with van der Waals surface area (Å²) in [6, 6.07) is 20.0. The van der Waals surface area contributed by atoms with Gasteiger partial charge < -0.3 is 10.6 Å². The second-order valence-electron chi connectivity index (χ2n) is 8.46. The summed E-state index contributed by atoms with van der Waals surface area (Å²) in [5, 5.41) is 11.7. The molecule has 0 radical (unpaired) electrons. The molecule has 6 nitrogen and oxygen atoms in total. The summed E-state index contributed by atoms with van der Waals surface area (Å²) in [5.41, 5.74) is 5.29. The molecule has 2 aliphatic carbocycles. The molecule has 0 amide bonds. The minimum atomic E-state index is -0.000149. The third kappa shape index (κ3) is 8.35. The molecule has 0 atom stereocenters. The molecule has 2 N–H and O–H groups in total. The van der Waals surface area contributed by atoms with Crippen LogP contribution in [0.2, 0.25) is 0 Å². The van der Waals surface area contributed by atoms with Crippen LogP contribution in [0.1, 0.15) is 0 Å². The predicted molar refractivity (Wildman–Crippen MR) is 165 cm³/mol. The number of nitrogens with one attached hydrogen (secondary N) is 2. The smallest absolute Gasteiger partial charge is 0.187 e. The fraction of sp³-hybridized carbons (Fsp3) is 0. The van der Waals surface area contributed by atoms with Crippen LogP contribution in [0, 0.1) is 0 Å². The van der Waals surface area contributed by atoms with Crippen LogP contribution in [-0.2, 0) is 29.1 Å². The number of carbonyl (C=O) groups is 2. The molecule has 2 heterocycles. The Kier molecular flexibility index (Phi) is 10.8. The van der Waals surface area contributed by atoms with Gasteiger partial charge in [-0.15, -0.1) is 22.7 Å². The fourth-order valence-electron chi connectivity index (χ4n) is 3.64. The Hall–Kier alpha value is -4.30. The van der Waals surface area contributed by atoms with Gasteiger partial charge in [-0.25, -0.2) is 9.97 Å². The van der Waals surface area contributed by atoms with E-state index in [4.69, 9.17) is 0 Å². The van der Waals surface area contributed by atoms with Crippen molar-refractivity contribution >= 4 is 44.5 Å². The van der Waals surface area contributed by atoms with Crippen molar-refractivity contribution in [1.29, 1.82) is 0 Å². The van der Waals surface area contributed by atoms with Crippen molar-refractivity contribution in [3.8, 4) is 22.5 Å². The topological polar surface area (TPSA) is 84.0 Å². The number of rotatable bonds is 6. The van der Waals surface area contributed by atoms with E-state index in [-0.39, 0.29) is 31.0 Å². The van der Waals surface area contributed by atoms with Gasteiger partial charge in [0.15, 0.2) is 21.8 Å². The predicted octanol–water partition coefficient (Wildman–Crippen LogP) is 7.60. The molecular weight excluding hydrogens is 602 g/mol. The molecule has 6 rings (SSSR count). The van der Waals surface area contributed by atoms with Gasteiger partial charge in [-0.05, 0) is 24.3 Å². The third-order valence-corrected chi connectivity index (χ3v) is 7.23. The van der Waals surface area contributed by atoms with E-state index in [0.29, 0.717) is 11.1 Å². The molecule has 0 spiro atoms. The number of thiazole rings is 2. The summed E-state index contributed by atoms with van der Waals surface area (Å²) in [6.45, 7) is 0. The number of anilines is 2. The SMILES string of the molecule is O=C1C=CC=C/C1=C/Nc1nc(-c2ccccc2)cs1.O=C1C=CC=C/C1=C/Nc1nc(-c2ccccc2)cs1.[Zn]. The van der Waals surface area contributed by atoms with Gasteiger partial charge in [-0.3, -0.25) is 9.59 Å². The normalized spacial score (nSPS) is 15.4. The van der Waals surface area contributed by atoms with Crippen molar-refractivity contribution < 1.29 is 29.1 Å². The molecule has 0 bridgehead atoms. The first-order valence-corrected chi connectivity index (χ1v) is 14.1. The first-order chi connectivity index (χ1) is 19.7. The average Bonchev–Trinajstić information content (AvgIpc) is 3.68. The average molecular weight is 626 g/mol. The van der Waals surface area contributed by atoms with Crippen molar-refractivity contribution in [2.75, 3.05) is 10.6 Å². The van der Waals surface area contributed by atoms with Gasteiger partial charge >= 0.3 is 0 Å². The van der Waals surface area contributed by atoms with E-state index in [1.165, 1.54) is 22.7 Å². The van der Waals surface area contributed by atoms with Crippen LogP contribution in [0.5, 0.6) is 0 Å². The molecule has 9 heteroatoms. The van der Waals surface area contributed by atoms with E-state index in [9.17, 15) is 9.59 Å². The number of carbonyl (C=O) groups excluding carboxylic acids is 2. The first kappa shape index (κ1) is 29.7. The standard InChI is InChI=1S/2C16H12N2OS.Zn/c2*19-15-9-5-4-8-13(15)10-17-16-18-14(11-20-16)12-6-2-1-3-7-12;/h2*1-11H,(H,17,18);/b2*13-10-;. The van der Waals surface area contributed by atoms with Crippen molar-refractivity contribution in [3.63, 3.8) is 0 Å². The number of hydrogen-bond acceptors (Lipinski definition) is 8. The second-order valence-corrected chi connectivity index (χ2v) is 10.2. The number of nitrogens with zero attached hydrogens (tertiary/aromatic N) is 2. The van der Waals surface area contributed by atoms with Gasteiger partial charge in [0.2, 0.25) is 0 Å². The maximum atomic E-state index is 11.6. The quantitative estimate of drug-likeness (QED) is 0.170. The summed E-state index contributed by atoms with van der Waals surface area (Å²) in [7, 11) is 0. The Morgan fingerprint density at radius 3 is 1.34 bits per heavy atom. The van der Waals surface area contributed by atoms with E-state index < -0.39 is 0 Å². The van der Waals surface area contributed by atoms with Crippen LogP contribution in [-0.4, -0.2) is 21.5 Å². The van der Waals surface area contributed by atoms with Crippen LogP contribution in [0.15, 0.2) is 144 Å². The summed E-state index contributed by atoms with van der Waals surface area (Å²) in [5.74, 6) is -0.000298. The Morgan fingerprint density at radius 1 is 0.561 bits per heavy atom. The minimum absolute atomic E-state index is 0. The van der Waals surface area contributed by atoms with Gasteiger partial charge in [0.05, 0.1) is 11.4 Å². The Bertz CT molecular complexity index is 1550. The fourth-order valence-corrected chi connectivity index (χ4v) is 5.02. The second kappa shape index (κ2) is 14.9. The largest absolute Gasteiger partial charge is 0.337 e. The van der Waals surface area contributed by atoms with Crippen molar-refractivity contribution in [2.45, 2.75) is 0 Å². The van der Waals surface area contributed by atoms with E-state index in [2.05, 4.69) is 20.6 Å². The summed E-state index contributed by atoms with van der Waals surface area (Å²) in [4.78, 5) is 32.2. The summed E-state index contributed by atoms with van der Waals surface area (Å²) in [6.07, 6.45) is 17.2. The van der Waals surface area contributed by atoms with Crippen LogP contribution >= 0.6 is 22.7 Å². The number of hydrogen-bond donors (Lipinski definition) is 2. The van der Waals surface area contributed by atoms with Crippen LogP contribution in [0.4, 0.5) is 10.3 Å². The maximum absolute atomic E-state index is 11.6. The van der Waals surface area contributed by atoms with Crippen LogP contribution < -0.4 is 10.6 Å².